The molecule has 2 heterocycles. The van der Waals surface area contributed by atoms with Gasteiger partial charge < -0.3 is 0 Å². The minimum atomic E-state index is 0.684. The summed E-state index contributed by atoms with van der Waals surface area (Å²) in [5.41, 5.74) is 2.74. The molecule has 16 fully saturated rings. The highest BCUT2D eigenvalue weighted by molar-refractivity contribution is 7.72. The van der Waals surface area contributed by atoms with E-state index in [0.29, 0.717) is 21.7 Å². The van der Waals surface area contributed by atoms with Crippen molar-refractivity contribution in [1.29, 1.82) is 0 Å². The highest BCUT2D eigenvalue weighted by Gasteiger charge is 2.60. The largest absolute Gasteiger partial charge is 0.0831 e. The summed E-state index contributed by atoms with van der Waals surface area (Å²) in [6.45, 7) is 0. The summed E-state index contributed by atoms with van der Waals surface area (Å²) in [6, 6.07) is 0. The summed E-state index contributed by atoms with van der Waals surface area (Å²) in [5.74, 6) is 13.3. The van der Waals surface area contributed by atoms with Crippen molar-refractivity contribution in [3.05, 3.63) is 19.5 Å². The van der Waals surface area contributed by atoms with Crippen molar-refractivity contribution < 1.29 is 0 Å². The zero-order chi connectivity index (χ0) is 31.0. The van der Waals surface area contributed by atoms with Crippen LogP contribution < -0.4 is 0 Å². The minimum absolute atomic E-state index is 0.684. The Morgan fingerprint density at radius 2 is 0.354 bits per heavy atom. The lowest BCUT2D eigenvalue weighted by Gasteiger charge is -2.60. The molecule has 0 unspecified atom stereocenters. The molecule has 2 aromatic rings. The van der Waals surface area contributed by atoms with Crippen molar-refractivity contribution in [3.63, 3.8) is 0 Å². The summed E-state index contributed by atoms with van der Waals surface area (Å²) in [7, 11) is 8.99. The monoisotopic (exact) mass is 716 g/mol. The van der Waals surface area contributed by atoms with Gasteiger partial charge in [0.05, 0.1) is 0 Å². The highest BCUT2D eigenvalue weighted by Crippen LogP contribution is 2.70. The smallest absolute Gasteiger partial charge is 0.0359 e. The second-order valence-electron chi connectivity index (χ2n) is 22.4. The number of hydrogen-bond acceptors (Lipinski definition) is 4. The molecular formula is C44H60S4. The van der Waals surface area contributed by atoms with E-state index in [1.165, 1.54) is 0 Å². The van der Waals surface area contributed by atoms with Crippen molar-refractivity contribution in [3.8, 4) is 0 Å². The molecule has 0 radical (unpaired) electrons. The maximum absolute atomic E-state index is 2.25. The molecule has 0 amide bonds. The van der Waals surface area contributed by atoms with E-state index >= 15 is 0 Å². The molecular weight excluding hydrogens is 657 g/mol. The molecule has 260 valence electrons. The molecule has 0 atom stereocenters. The van der Waals surface area contributed by atoms with Gasteiger partial charge in [-0.05, 0) is 225 Å². The number of hydrogen-bond donors (Lipinski definition) is 0. The van der Waals surface area contributed by atoms with E-state index in [1.54, 1.807) is 154 Å². The van der Waals surface area contributed by atoms with Gasteiger partial charge in [-0.2, -0.15) is 0 Å². The average Bonchev–Trinajstić information content (AvgIpc) is 2.92. The summed E-state index contributed by atoms with van der Waals surface area (Å²) in [4.78, 5) is 7.92. The molecule has 4 heteroatoms. The Hall–Kier alpha value is 0.360. The Morgan fingerprint density at radius 3 is 0.458 bits per heavy atom. The van der Waals surface area contributed by atoms with Gasteiger partial charge in [-0.15, -0.1) is 0 Å². The molecule has 16 saturated carbocycles. The lowest BCUT2D eigenvalue weighted by atomic mass is 9.46. The van der Waals surface area contributed by atoms with Crippen molar-refractivity contribution in [2.24, 2.45) is 71.0 Å². The summed E-state index contributed by atoms with van der Waals surface area (Å²) < 4.78 is 0. The van der Waals surface area contributed by atoms with Crippen molar-refractivity contribution >= 4 is 41.4 Å². The maximum atomic E-state index is 2.25. The fourth-order valence-corrected chi connectivity index (χ4v) is 25.8. The third kappa shape index (κ3) is 4.22. The van der Waals surface area contributed by atoms with E-state index in [2.05, 4.69) is 41.4 Å². The average molecular weight is 717 g/mol. The minimum Gasteiger partial charge on any atom is -0.0831 e. The van der Waals surface area contributed by atoms with Crippen LogP contribution in [0.5, 0.6) is 0 Å². The van der Waals surface area contributed by atoms with Gasteiger partial charge in [0.1, 0.15) is 0 Å². The van der Waals surface area contributed by atoms with Gasteiger partial charge in [-0.3, -0.25) is 0 Å². The number of rotatable bonds is 4. The van der Waals surface area contributed by atoms with Crippen LogP contribution in [-0.2, 0) is 21.7 Å². The molecule has 0 aliphatic heterocycles. The Morgan fingerprint density at radius 1 is 0.229 bits per heavy atom. The van der Waals surface area contributed by atoms with E-state index < -0.39 is 0 Å². The first-order valence-corrected chi connectivity index (χ1v) is 25.9. The van der Waals surface area contributed by atoms with Gasteiger partial charge in [-0.1, -0.05) is 41.4 Å². The second kappa shape index (κ2) is 10.1. The Bertz CT molecular complexity index is 1210. The molecule has 0 saturated heterocycles. The van der Waals surface area contributed by atoms with Crippen LogP contribution in [0.3, 0.4) is 0 Å². The fourth-order valence-electron chi connectivity index (χ4n) is 19.1. The maximum Gasteiger partial charge on any atom is 0.0359 e. The first-order chi connectivity index (χ1) is 23.4. The van der Waals surface area contributed by atoms with Gasteiger partial charge in [0.25, 0.3) is 0 Å². The van der Waals surface area contributed by atoms with Crippen LogP contribution in [0.4, 0.5) is 0 Å². The fraction of sp³-hybridized carbons (Fsp3) is 0.909. The lowest BCUT2D eigenvalue weighted by Crippen LogP contribution is -2.52. The van der Waals surface area contributed by atoms with Crippen LogP contribution in [0.1, 0.15) is 174 Å². The van der Waals surface area contributed by atoms with Gasteiger partial charge >= 0.3 is 0 Å². The SMILES string of the molecule is C1C2CC3CC1CC(c1ssc1C14CC5CC(CC(C5)C1)C4)(C2)C3.C1C2CC3CC1CC(c1ssc1C14CC5CC(CC(C5)C1)C4)(C2)C3. The van der Waals surface area contributed by atoms with Crippen molar-refractivity contribution in [2.75, 3.05) is 0 Å². The van der Waals surface area contributed by atoms with Crippen LogP contribution in [0.2, 0.25) is 0 Å². The van der Waals surface area contributed by atoms with E-state index in [4.69, 9.17) is 0 Å². The Kier molecular flexibility index (Phi) is 6.27. The predicted octanol–water partition coefficient (Wildman–Crippen LogP) is 13.5. The van der Waals surface area contributed by atoms with Gasteiger partial charge in [-0.25, -0.2) is 0 Å². The first kappa shape index (κ1) is 29.8. The first-order valence-electron chi connectivity index (χ1n) is 21.6. The summed E-state index contributed by atoms with van der Waals surface area (Å²) >= 11 is 0. The standard InChI is InChI=1S/2C22H30S2/c2*1-13-2-15-3-14(1)8-21(7-13,9-15)19-20(24-23-19)22-10-16-4-17(11-22)6-18(5-16)12-22/h2*13-18H,1-12H2. The molecule has 0 spiro atoms. The molecule has 16 aliphatic rings. The Labute approximate surface area is 305 Å². The van der Waals surface area contributed by atoms with Crippen LogP contribution in [0, 0.1) is 71.0 Å². The molecule has 0 aromatic carbocycles. The second-order valence-corrected chi connectivity index (χ2v) is 26.7. The normalized spacial score (nSPS) is 57.2. The lowest BCUT2D eigenvalue weighted by molar-refractivity contribution is -0.0149. The predicted molar refractivity (Wildman–Crippen MR) is 204 cm³/mol. The molecule has 0 nitrogen and oxygen atoms in total. The molecule has 2 aromatic heterocycles. The van der Waals surface area contributed by atoms with E-state index in [-0.39, 0.29) is 0 Å². The zero-order valence-electron chi connectivity index (χ0n) is 29.5. The van der Waals surface area contributed by atoms with Crippen LogP contribution >= 0.6 is 41.4 Å². The molecule has 16 bridgehead atoms. The molecule has 48 heavy (non-hydrogen) atoms. The van der Waals surface area contributed by atoms with E-state index in [1.807, 2.05) is 19.5 Å². The van der Waals surface area contributed by atoms with Crippen LogP contribution in [0.25, 0.3) is 0 Å². The Balaban J connectivity index is 0.000000107. The van der Waals surface area contributed by atoms with Gasteiger partial charge in [0.2, 0.25) is 0 Å². The third-order valence-electron chi connectivity index (χ3n) is 18.9. The third-order valence-corrected chi connectivity index (χ3v) is 25.0. The molecule has 18 rings (SSSR count). The van der Waals surface area contributed by atoms with E-state index in [9.17, 15) is 0 Å². The van der Waals surface area contributed by atoms with Crippen LogP contribution in [0.15, 0.2) is 0 Å². The summed E-state index contributed by atoms with van der Waals surface area (Å²) in [5, 5.41) is 0. The van der Waals surface area contributed by atoms with Crippen molar-refractivity contribution in [2.45, 2.75) is 176 Å². The van der Waals surface area contributed by atoms with Crippen LogP contribution in [-0.4, -0.2) is 0 Å². The highest BCUT2D eigenvalue weighted by atomic mass is 32.9. The van der Waals surface area contributed by atoms with Gasteiger partial charge in [0.15, 0.2) is 0 Å². The quantitative estimate of drug-likeness (QED) is 0.276. The molecule has 0 N–H and O–H groups in total. The zero-order valence-corrected chi connectivity index (χ0v) is 32.8. The van der Waals surface area contributed by atoms with Gasteiger partial charge in [0, 0.05) is 41.2 Å². The molecule has 16 aliphatic carbocycles. The van der Waals surface area contributed by atoms with Crippen molar-refractivity contribution in [1.82, 2.24) is 0 Å². The van der Waals surface area contributed by atoms with E-state index in [0.717, 1.165) is 71.0 Å². The topological polar surface area (TPSA) is 0 Å². The summed E-state index contributed by atoms with van der Waals surface area (Å²) in [6.07, 6.45) is 38.1.